The average Bonchev–Trinajstić information content (AvgIpc) is 2.35. The van der Waals surface area contributed by atoms with E-state index in [0.29, 0.717) is 0 Å². The molecule has 2 N–H and O–H groups in total. The van der Waals surface area contributed by atoms with Gasteiger partial charge in [-0.3, -0.25) is 10.1 Å². The maximum atomic E-state index is 13.2. The predicted molar refractivity (Wildman–Crippen MR) is 76.0 cm³/mol. The Labute approximate surface area is 129 Å². The average molecular weight is 347 g/mol. The van der Waals surface area contributed by atoms with Crippen molar-refractivity contribution in [3.8, 4) is 11.5 Å². The van der Waals surface area contributed by atoms with E-state index >= 15 is 0 Å². The van der Waals surface area contributed by atoms with E-state index in [1.165, 1.54) is 12.1 Å². The van der Waals surface area contributed by atoms with Crippen LogP contribution < -0.4 is 9.88 Å². The number of rotatable bonds is 4. The van der Waals surface area contributed by atoms with Crippen molar-refractivity contribution in [3.63, 3.8) is 0 Å². The topological polar surface area (TPSA) is 113 Å². The van der Waals surface area contributed by atoms with E-state index < -0.39 is 37.1 Å². The summed E-state index contributed by atoms with van der Waals surface area (Å²) in [7, 11) is -4.33. The van der Waals surface area contributed by atoms with Gasteiger partial charge in [0.05, 0.1) is 4.92 Å². The number of para-hydroxylation sites is 1. The Hall–Kier alpha value is -2.23. The summed E-state index contributed by atoms with van der Waals surface area (Å²) in [6, 6.07) is 6.52. The first-order valence-corrected chi connectivity index (χ1v) is 7.55. The molecule has 0 atom stereocenters. The lowest BCUT2D eigenvalue weighted by Gasteiger charge is -2.09. The van der Waals surface area contributed by atoms with Crippen LogP contribution in [0.15, 0.2) is 41.3 Å². The Balaban J connectivity index is 2.58. The van der Waals surface area contributed by atoms with E-state index in [-0.39, 0.29) is 10.8 Å². The summed E-state index contributed by atoms with van der Waals surface area (Å²) < 4.78 is 41.2. The van der Waals surface area contributed by atoms with Gasteiger partial charge in [-0.15, -0.1) is 0 Å². The van der Waals surface area contributed by atoms with Gasteiger partial charge in [-0.05, 0) is 24.3 Å². The zero-order chi connectivity index (χ0) is 16.5. The molecule has 0 aliphatic heterocycles. The quantitative estimate of drug-likeness (QED) is 0.675. The molecule has 22 heavy (non-hydrogen) atoms. The molecular formula is C12H8ClFN2O5S. The second-order valence-electron chi connectivity index (χ2n) is 4.11. The molecular weight excluding hydrogens is 339 g/mol. The van der Waals surface area contributed by atoms with Crippen molar-refractivity contribution in [2.75, 3.05) is 0 Å². The van der Waals surface area contributed by atoms with Gasteiger partial charge in [0.25, 0.3) is 0 Å². The normalized spacial score (nSPS) is 11.2. The molecule has 0 saturated heterocycles. The zero-order valence-corrected chi connectivity index (χ0v) is 12.3. The summed E-state index contributed by atoms with van der Waals surface area (Å²) in [6.07, 6.45) is 0. The van der Waals surface area contributed by atoms with Crippen molar-refractivity contribution >= 4 is 27.3 Å². The van der Waals surface area contributed by atoms with Crippen molar-refractivity contribution in [2.45, 2.75) is 4.90 Å². The van der Waals surface area contributed by atoms with Crippen LogP contribution in [0, 0.1) is 15.9 Å². The molecule has 2 rings (SSSR count). The van der Waals surface area contributed by atoms with E-state index in [1.807, 2.05) is 0 Å². The molecule has 0 heterocycles. The first-order chi connectivity index (χ1) is 10.2. The minimum absolute atomic E-state index is 0.0141. The van der Waals surface area contributed by atoms with Gasteiger partial charge < -0.3 is 4.74 Å². The fourth-order valence-electron chi connectivity index (χ4n) is 1.71. The van der Waals surface area contributed by atoms with Crippen LogP contribution >= 0.6 is 11.6 Å². The van der Waals surface area contributed by atoms with Gasteiger partial charge >= 0.3 is 5.69 Å². The number of halogens is 2. The molecule has 2 aromatic rings. The monoisotopic (exact) mass is 346 g/mol. The van der Waals surface area contributed by atoms with Crippen LogP contribution in [0.2, 0.25) is 5.02 Å². The Morgan fingerprint density at radius 1 is 1.27 bits per heavy atom. The number of sulfonamides is 1. The summed E-state index contributed by atoms with van der Waals surface area (Å²) in [5, 5.41) is 16.1. The number of nitrogens with zero attached hydrogens (tertiary/aromatic N) is 1. The lowest BCUT2D eigenvalue weighted by molar-refractivity contribution is -0.388. The van der Waals surface area contributed by atoms with Gasteiger partial charge in [-0.1, -0.05) is 17.7 Å². The largest absolute Gasteiger partial charge is 0.450 e. The molecule has 0 aliphatic rings. The van der Waals surface area contributed by atoms with Gasteiger partial charge in [0.1, 0.15) is 11.6 Å². The second-order valence-corrected chi connectivity index (χ2v) is 6.08. The summed E-state index contributed by atoms with van der Waals surface area (Å²) in [4.78, 5) is 9.46. The standard InChI is InChI=1S/C12H8ClFN2O5S/c13-7-4-8(14)6-9(5-7)21-10-2-1-3-11(22(15,19)20)12(10)16(17)18/h1-6H,(H2,15,19,20). The van der Waals surface area contributed by atoms with Crippen molar-refractivity contribution in [3.05, 3.63) is 57.4 Å². The van der Waals surface area contributed by atoms with Gasteiger partial charge in [0, 0.05) is 11.1 Å². The highest BCUT2D eigenvalue weighted by Crippen LogP contribution is 2.36. The molecule has 0 aliphatic carbocycles. The van der Waals surface area contributed by atoms with Crippen molar-refractivity contribution in [1.29, 1.82) is 0 Å². The van der Waals surface area contributed by atoms with Crippen LogP contribution in [0.25, 0.3) is 0 Å². The van der Waals surface area contributed by atoms with E-state index in [1.54, 1.807) is 0 Å². The van der Waals surface area contributed by atoms with Crippen LogP contribution in [0.1, 0.15) is 0 Å². The third kappa shape index (κ3) is 3.50. The van der Waals surface area contributed by atoms with Crippen molar-refractivity contribution in [1.82, 2.24) is 0 Å². The highest BCUT2D eigenvalue weighted by Gasteiger charge is 2.28. The first kappa shape index (κ1) is 16.1. The molecule has 7 nitrogen and oxygen atoms in total. The number of hydrogen-bond acceptors (Lipinski definition) is 5. The first-order valence-electron chi connectivity index (χ1n) is 5.62. The van der Waals surface area contributed by atoms with Crippen molar-refractivity contribution < 1.29 is 22.5 Å². The molecule has 0 fully saturated rings. The van der Waals surface area contributed by atoms with Crippen LogP contribution in [-0.2, 0) is 10.0 Å². The highest BCUT2D eigenvalue weighted by molar-refractivity contribution is 7.89. The molecule has 10 heteroatoms. The minimum atomic E-state index is -4.33. The predicted octanol–water partition coefficient (Wildman–Crippen LogP) is 2.83. The van der Waals surface area contributed by atoms with Crippen LogP contribution in [0.5, 0.6) is 11.5 Å². The molecule has 116 valence electrons. The molecule has 2 aromatic carbocycles. The van der Waals surface area contributed by atoms with E-state index in [4.69, 9.17) is 21.5 Å². The van der Waals surface area contributed by atoms with Gasteiger partial charge in [-0.2, -0.15) is 0 Å². The third-order valence-corrected chi connectivity index (χ3v) is 3.68. The van der Waals surface area contributed by atoms with Crippen LogP contribution in [0.3, 0.4) is 0 Å². The van der Waals surface area contributed by atoms with Gasteiger partial charge in [0.2, 0.25) is 15.8 Å². The Kier molecular flexibility index (Phi) is 4.31. The maximum absolute atomic E-state index is 13.2. The molecule has 0 spiro atoms. The number of primary sulfonamides is 1. The number of hydrogen-bond donors (Lipinski definition) is 1. The lowest BCUT2D eigenvalue weighted by atomic mass is 10.3. The fourth-order valence-corrected chi connectivity index (χ4v) is 2.63. The zero-order valence-electron chi connectivity index (χ0n) is 10.7. The van der Waals surface area contributed by atoms with Crippen LogP contribution in [0.4, 0.5) is 10.1 Å². The van der Waals surface area contributed by atoms with E-state index in [2.05, 4.69) is 0 Å². The smallest absolute Gasteiger partial charge is 0.331 e. The molecule has 0 unspecified atom stereocenters. The lowest BCUT2D eigenvalue weighted by Crippen LogP contribution is -2.14. The minimum Gasteiger partial charge on any atom is -0.450 e. The van der Waals surface area contributed by atoms with Crippen molar-refractivity contribution in [2.24, 2.45) is 5.14 Å². The van der Waals surface area contributed by atoms with Crippen LogP contribution in [-0.4, -0.2) is 13.3 Å². The number of benzene rings is 2. The van der Waals surface area contributed by atoms with E-state index in [9.17, 15) is 22.9 Å². The Bertz CT molecular complexity index is 836. The number of nitrogens with two attached hydrogens (primary N) is 1. The molecule has 0 amide bonds. The van der Waals surface area contributed by atoms with E-state index in [0.717, 1.165) is 24.3 Å². The second kappa shape index (κ2) is 5.87. The maximum Gasteiger partial charge on any atom is 0.331 e. The SMILES string of the molecule is NS(=O)(=O)c1cccc(Oc2cc(F)cc(Cl)c2)c1[N+](=O)[O-]. The summed E-state index contributed by atoms with van der Waals surface area (Å²) in [6.45, 7) is 0. The summed E-state index contributed by atoms with van der Waals surface area (Å²) in [5.74, 6) is -1.24. The Morgan fingerprint density at radius 2 is 1.95 bits per heavy atom. The third-order valence-electron chi connectivity index (χ3n) is 2.51. The van der Waals surface area contributed by atoms with Gasteiger partial charge in [0.15, 0.2) is 4.90 Å². The molecule has 0 saturated carbocycles. The Morgan fingerprint density at radius 3 is 2.50 bits per heavy atom. The number of nitro groups is 1. The molecule has 0 radical (unpaired) electrons. The summed E-state index contributed by atoms with van der Waals surface area (Å²) in [5.41, 5.74) is -0.842. The molecule has 0 bridgehead atoms. The highest BCUT2D eigenvalue weighted by atomic mass is 35.5. The fraction of sp³-hybridized carbons (Fsp3) is 0. The van der Waals surface area contributed by atoms with Gasteiger partial charge in [-0.25, -0.2) is 17.9 Å². The summed E-state index contributed by atoms with van der Waals surface area (Å²) >= 11 is 5.65. The number of ether oxygens (including phenoxy) is 1. The number of nitro benzene ring substituents is 1. The molecule has 0 aromatic heterocycles.